The van der Waals surface area contributed by atoms with Gasteiger partial charge in [-0.2, -0.15) is 0 Å². The van der Waals surface area contributed by atoms with Crippen molar-refractivity contribution in [1.82, 2.24) is 0 Å². The van der Waals surface area contributed by atoms with Crippen LogP contribution in [0.3, 0.4) is 0 Å². The van der Waals surface area contributed by atoms with Crippen molar-refractivity contribution in [3.05, 3.63) is 0 Å². The Kier molecular flexibility index (Phi) is 3.76. The highest BCUT2D eigenvalue weighted by molar-refractivity contribution is 4.95. The van der Waals surface area contributed by atoms with Crippen LogP contribution >= 0.6 is 0 Å². The largest absolute Gasteiger partial charge is 0.326 e. The first-order valence-electron chi connectivity index (χ1n) is 2.43. The Morgan fingerprint density at radius 1 is 1.25 bits per heavy atom. The van der Waals surface area contributed by atoms with E-state index in [4.69, 9.17) is 18.6 Å². The Bertz CT molecular complexity index is 108. The molecule has 0 aliphatic carbocycles. The molecule has 0 aromatic heterocycles. The zero-order valence-corrected chi connectivity index (χ0v) is 4.72. The summed E-state index contributed by atoms with van der Waals surface area (Å²) in [7, 11) is 0. The summed E-state index contributed by atoms with van der Waals surface area (Å²) in [5.74, 6) is 4.86. The van der Waals surface area contributed by atoms with E-state index in [-0.39, 0.29) is 6.04 Å². The highest BCUT2D eigenvalue weighted by Crippen LogP contribution is 1.88. The van der Waals surface area contributed by atoms with E-state index < -0.39 is 0 Å². The average molecular weight is 107 g/mol. The normalized spacial score (nSPS) is 8.00. The molecule has 0 rings (SSSR count). The molecule has 1 heteroatoms. The minimum absolute atomic E-state index is 0.00926. The van der Waals surface area contributed by atoms with E-state index in [2.05, 4.69) is 11.8 Å². The van der Waals surface area contributed by atoms with Gasteiger partial charge in [0, 0.05) is 18.9 Å². The summed E-state index contributed by atoms with van der Waals surface area (Å²) in [5, 5.41) is 0. The molecule has 0 aromatic carbocycles. The molecule has 8 heavy (non-hydrogen) atoms. The minimum atomic E-state index is -0.00926. The van der Waals surface area contributed by atoms with Crippen molar-refractivity contribution in [3.63, 3.8) is 0 Å². The van der Waals surface area contributed by atoms with E-state index >= 15 is 0 Å². The summed E-state index contributed by atoms with van der Waals surface area (Å²) in [5.41, 5.74) is 5.41. The molecule has 2 N–H and O–H groups in total. The highest BCUT2D eigenvalue weighted by atomic mass is 14.6. The molecule has 0 fully saturated rings. The molecule has 0 amide bonds. The van der Waals surface area contributed by atoms with Gasteiger partial charge in [0.05, 0.1) is 0 Å². The SMILES string of the molecule is C#CCC(N)CC#C. The maximum absolute atomic E-state index is 5.41. The summed E-state index contributed by atoms with van der Waals surface area (Å²) in [4.78, 5) is 0. The Labute approximate surface area is 50.3 Å². The Morgan fingerprint density at radius 3 is 1.88 bits per heavy atom. The first-order chi connectivity index (χ1) is 3.81. The summed E-state index contributed by atoms with van der Waals surface area (Å²) in [6.45, 7) is 0. The molecule has 0 saturated heterocycles. The molecule has 0 radical (unpaired) electrons. The van der Waals surface area contributed by atoms with Crippen LogP contribution in [0.15, 0.2) is 0 Å². The van der Waals surface area contributed by atoms with Crippen molar-refractivity contribution in [2.75, 3.05) is 0 Å². The van der Waals surface area contributed by atoms with Crippen molar-refractivity contribution >= 4 is 0 Å². The first-order valence-corrected chi connectivity index (χ1v) is 2.43. The lowest BCUT2D eigenvalue weighted by atomic mass is 10.2. The summed E-state index contributed by atoms with van der Waals surface area (Å²) < 4.78 is 0. The van der Waals surface area contributed by atoms with Gasteiger partial charge in [0.2, 0.25) is 0 Å². The summed E-state index contributed by atoms with van der Waals surface area (Å²) in [6, 6.07) is -0.00926. The molecule has 0 aromatic rings. The Morgan fingerprint density at radius 2 is 1.62 bits per heavy atom. The molecular weight excluding hydrogens is 98.1 g/mol. The fourth-order valence-corrected chi connectivity index (χ4v) is 0.375. The van der Waals surface area contributed by atoms with E-state index in [1.54, 1.807) is 0 Å². The molecule has 0 atom stereocenters. The van der Waals surface area contributed by atoms with E-state index in [9.17, 15) is 0 Å². The fourth-order valence-electron chi connectivity index (χ4n) is 0.375. The lowest BCUT2D eigenvalue weighted by Gasteiger charge is -1.98. The first kappa shape index (κ1) is 7.08. The van der Waals surface area contributed by atoms with Gasteiger partial charge >= 0.3 is 0 Å². The highest BCUT2D eigenvalue weighted by Gasteiger charge is 1.93. The summed E-state index contributed by atoms with van der Waals surface area (Å²) in [6.07, 6.45) is 11.1. The van der Waals surface area contributed by atoms with Gasteiger partial charge in [0.15, 0.2) is 0 Å². The number of terminal acetylenes is 2. The summed E-state index contributed by atoms with van der Waals surface area (Å²) >= 11 is 0. The third-order valence-corrected chi connectivity index (χ3v) is 0.760. The molecule has 0 saturated carbocycles. The van der Waals surface area contributed by atoms with Gasteiger partial charge in [0.25, 0.3) is 0 Å². The van der Waals surface area contributed by atoms with Crippen molar-refractivity contribution < 1.29 is 0 Å². The number of rotatable bonds is 2. The van der Waals surface area contributed by atoms with Crippen LogP contribution in [0.5, 0.6) is 0 Å². The van der Waals surface area contributed by atoms with Gasteiger partial charge in [-0.25, -0.2) is 0 Å². The van der Waals surface area contributed by atoms with Crippen LogP contribution in [0.2, 0.25) is 0 Å². The molecule has 0 heterocycles. The molecule has 0 aliphatic heterocycles. The van der Waals surface area contributed by atoms with Crippen LogP contribution < -0.4 is 5.73 Å². The fraction of sp³-hybridized carbons (Fsp3) is 0.429. The zero-order chi connectivity index (χ0) is 6.41. The maximum Gasteiger partial charge on any atom is 0.0260 e. The van der Waals surface area contributed by atoms with Crippen LogP contribution in [0.1, 0.15) is 12.8 Å². The van der Waals surface area contributed by atoms with Crippen molar-refractivity contribution in [2.45, 2.75) is 18.9 Å². The van der Waals surface area contributed by atoms with Crippen LogP contribution in [0.4, 0.5) is 0 Å². The van der Waals surface area contributed by atoms with E-state index in [1.807, 2.05) is 0 Å². The van der Waals surface area contributed by atoms with Crippen LogP contribution in [-0.2, 0) is 0 Å². The van der Waals surface area contributed by atoms with Gasteiger partial charge in [-0.3, -0.25) is 0 Å². The lowest BCUT2D eigenvalue weighted by Crippen LogP contribution is -2.17. The predicted molar refractivity (Wildman–Crippen MR) is 34.9 cm³/mol. The molecular formula is C7H9N. The third-order valence-electron chi connectivity index (χ3n) is 0.760. The predicted octanol–water partition coefficient (Wildman–Crippen LogP) is 0.360. The van der Waals surface area contributed by atoms with Gasteiger partial charge in [-0.05, 0) is 0 Å². The van der Waals surface area contributed by atoms with E-state index in [0.717, 1.165) is 0 Å². The Hall–Kier alpha value is -0.920. The molecule has 0 spiro atoms. The topological polar surface area (TPSA) is 26.0 Å². The standard InChI is InChI=1S/C7H9N/c1-3-5-7(8)6-4-2/h1-2,7H,5-6,8H2. The lowest BCUT2D eigenvalue weighted by molar-refractivity contribution is 0.717. The van der Waals surface area contributed by atoms with Gasteiger partial charge in [-0.15, -0.1) is 24.7 Å². The maximum atomic E-state index is 5.41. The number of hydrogen-bond acceptors (Lipinski definition) is 1. The molecule has 42 valence electrons. The van der Waals surface area contributed by atoms with E-state index in [1.165, 1.54) is 0 Å². The van der Waals surface area contributed by atoms with E-state index in [0.29, 0.717) is 12.8 Å². The second-order valence-electron chi connectivity index (χ2n) is 1.58. The quantitative estimate of drug-likeness (QED) is 0.506. The molecule has 1 nitrogen and oxygen atoms in total. The van der Waals surface area contributed by atoms with Crippen molar-refractivity contribution in [1.29, 1.82) is 0 Å². The van der Waals surface area contributed by atoms with Crippen LogP contribution in [0.25, 0.3) is 0 Å². The van der Waals surface area contributed by atoms with Crippen molar-refractivity contribution in [2.24, 2.45) is 5.73 Å². The van der Waals surface area contributed by atoms with Crippen LogP contribution in [-0.4, -0.2) is 6.04 Å². The number of hydrogen-bond donors (Lipinski definition) is 1. The Balaban J connectivity index is 3.25. The van der Waals surface area contributed by atoms with Gasteiger partial charge < -0.3 is 5.73 Å². The minimum Gasteiger partial charge on any atom is -0.326 e. The second kappa shape index (κ2) is 4.24. The molecule has 0 aliphatic rings. The average Bonchev–Trinajstić information content (AvgIpc) is 1.68. The smallest absolute Gasteiger partial charge is 0.0260 e. The van der Waals surface area contributed by atoms with Gasteiger partial charge in [0.1, 0.15) is 0 Å². The monoisotopic (exact) mass is 107 g/mol. The van der Waals surface area contributed by atoms with Crippen LogP contribution in [0, 0.1) is 24.7 Å². The van der Waals surface area contributed by atoms with Gasteiger partial charge in [-0.1, -0.05) is 0 Å². The molecule has 0 bridgehead atoms. The van der Waals surface area contributed by atoms with Crippen molar-refractivity contribution in [3.8, 4) is 24.7 Å². The molecule has 0 unspecified atom stereocenters. The zero-order valence-electron chi connectivity index (χ0n) is 4.72. The third kappa shape index (κ3) is 3.28. The number of nitrogens with two attached hydrogens (primary N) is 1. The second-order valence-corrected chi connectivity index (χ2v) is 1.58.